The minimum absolute atomic E-state index is 0.0139. The van der Waals surface area contributed by atoms with Crippen molar-refractivity contribution in [3.05, 3.63) is 47.6 Å². The highest BCUT2D eigenvalue weighted by Gasteiger charge is 2.48. The molecular weight excluding hydrogens is 1060 g/mol. The minimum atomic E-state index is -2.09. The number of aliphatic hydroxyl groups excluding tert-OH is 2. The second kappa shape index (κ2) is 37.8. The third-order valence-electron chi connectivity index (χ3n) is 16.6. The number of allylic oxidation sites excluding steroid dienone is 5. The van der Waals surface area contributed by atoms with Crippen molar-refractivity contribution >= 4 is 23.6 Å². The molecule has 0 spiro atoms. The number of piperidine rings is 1. The zero-order valence-electron chi connectivity index (χ0n) is 50.9. The molecule has 2 saturated heterocycles. The maximum atomic E-state index is 14.5. The number of alkyl carbamates (subject to hydrolysis) is 1. The number of carbonyl (C=O) groups excluding carboxylic acids is 4. The molecule has 1 aliphatic carbocycles. The maximum absolute atomic E-state index is 14.5. The normalized spacial score (nSPS) is 35.8. The summed E-state index contributed by atoms with van der Waals surface area (Å²) < 4.78 is 63.1. The van der Waals surface area contributed by atoms with E-state index in [-0.39, 0.29) is 50.0 Å². The molecule has 21 heteroatoms. The molecule has 0 aromatic carbocycles. The summed E-state index contributed by atoms with van der Waals surface area (Å²) in [5.74, 6) is -5.05. The Morgan fingerprint density at radius 1 is 0.805 bits per heavy atom. The van der Waals surface area contributed by atoms with Crippen LogP contribution in [-0.2, 0) is 66.5 Å². The Labute approximate surface area is 488 Å². The number of ketones is 2. The topological polar surface area (TPSA) is 272 Å². The number of ether oxygens (including phenoxy) is 11. The number of Topliss-reactive ketones (excluding diaryl/α,β-unsaturated/α-hetero) is 2. The van der Waals surface area contributed by atoms with Crippen LogP contribution in [0, 0.1) is 29.6 Å². The molecule has 0 radical (unpaired) electrons. The Bertz CT molecular complexity index is 2020. The molecule has 1 unspecified atom stereocenters. The van der Waals surface area contributed by atoms with Gasteiger partial charge in [0, 0.05) is 78.2 Å². The summed E-state index contributed by atoms with van der Waals surface area (Å²) in [4.78, 5) is 56.9. The quantitative estimate of drug-likeness (QED) is 0.0603. The Kier molecular flexibility index (Phi) is 32.7. The van der Waals surface area contributed by atoms with Gasteiger partial charge in [-0.05, 0) is 94.6 Å². The monoisotopic (exact) mass is 1170 g/mol. The molecule has 1 saturated carbocycles. The summed E-state index contributed by atoms with van der Waals surface area (Å²) in [7, 11) is 6.19. The van der Waals surface area contributed by atoms with Crippen molar-refractivity contribution in [2.75, 3.05) is 101 Å². The number of carbonyl (C=O) groups is 4. The predicted molar refractivity (Wildman–Crippen MR) is 307 cm³/mol. The Hall–Kier alpha value is -3.52. The first kappa shape index (κ1) is 71.0. The number of nitrogens with one attached hydrogen (secondary N) is 1. The van der Waals surface area contributed by atoms with Gasteiger partial charge in [-0.3, -0.25) is 19.3 Å². The van der Waals surface area contributed by atoms with Crippen LogP contribution in [0.1, 0.15) is 119 Å². The number of methoxy groups -OCH3 is 4. The molecule has 82 heavy (non-hydrogen) atoms. The van der Waals surface area contributed by atoms with Crippen molar-refractivity contribution in [2.45, 2.75) is 185 Å². The second-order valence-corrected chi connectivity index (χ2v) is 23.0. The molecule has 3 fully saturated rings. The number of nitrogens with zero attached hydrogens (tertiary/aromatic N) is 1. The first-order chi connectivity index (χ1) is 39.3. The number of amides is 1. The van der Waals surface area contributed by atoms with E-state index in [1.165, 1.54) is 7.11 Å². The van der Waals surface area contributed by atoms with Crippen LogP contribution < -0.4 is 11.1 Å². The number of nitrogens with two attached hydrogens (primary N) is 1. The highest BCUT2D eigenvalue weighted by Crippen LogP contribution is 2.37. The SMILES string of the molecule is COCCOCCOCCOCCNC(=O)O[C@@H]1CC[C@@H](C[C@@H](N)[C@@H]2C[C@@H](O)[C@H](C)/C=C(\C)[C@@H](O)[C@@H](OC)C(=O)C(C)C[C@H](C)/C=C/C=C/C=C(\C)[C@@H](OC)C[C@@H]3CC[C@@H](C)[C@@](O)(O3)C(=O)COCN3CCCC[C@H]3C(=O)O2)C[C@H]1OC. The van der Waals surface area contributed by atoms with Crippen LogP contribution in [0.4, 0.5) is 4.79 Å². The van der Waals surface area contributed by atoms with Crippen molar-refractivity contribution in [3.8, 4) is 0 Å². The van der Waals surface area contributed by atoms with Gasteiger partial charge in [0.05, 0.1) is 70.7 Å². The van der Waals surface area contributed by atoms with Gasteiger partial charge in [-0.15, -0.1) is 0 Å². The van der Waals surface area contributed by atoms with Crippen LogP contribution >= 0.6 is 0 Å². The number of rotatable bonds is 19. The van der Waals surface area contributed by atoms with Gasteiger partial charge in [0.15, 0.2) is 5.78 Å². The molecule has 6 N–H and O–H groups in total. The molecule has 470 valence electrons. The molecule has 3 heterocycles. The van der Waals surface area contributed by atoms with Crippen molar-refractivity contribution in [2.24, 2.45) is 35.3 Å². The van der Waals surface area contributed by atoms with E-state index in [1.807, 2.05) is 56.1 Å². The smallest absolute Gasteiger partial charge is 0.407 e. The minimum Gasteiger partial charge on any atom is -0.459 e. The summed E-state index contributed by atoms with van der Waals surface area (Å²) in [6.45, 7) is 14.2. The van der Waals surface area contributed by atoms with E-state index in [4.69, 9.17) is 57.8 Å². The number of esters is 1. The molecule has 3 aliphatic heterocycles. The molecule has 4 rings (SSSR count). The van der Waals surface area contributed by atoms with E-state index >= 15 is 0 Å². The van der Waals surface area contributed by atoms with Crippen LogP contribution in [0.3, 0.4) is 0 Å². The number of cyclic esters (lactones) is 1. The third-order valence-corrected chi connectivity index (χ3v) is 16.6. The van der Waals surface area contributed by atoms with Crippen molar-refractivity contribution in [3.63, 3.8) is 0 Å². The molecule has 1 amide bonds. The van der Waals surface area contributed by atoms with E-state index in [1.54, 1.807) is 48.2 Å². The number of aliphatic hydroxyl groups is 3. The molecule has 21 nitrogen and oxygen atoms in total. The van der Waals surface area contributed by atoms with Gasteiger partial charge in [0.1, 0.15) is 43.8 Å². The van der Waals surface area contributed by atoms with Gasteiger partial charge < -0.3 is 78.5 Å². The van der Waals surface area contributed by atoms with Crippen LogP contribution in [0.2, 0.25) is 0 Å². The van der Waals surface area contributed by atoms with Crippen LogP contribution in [0.5, 0.6) is 0 Å². The number of hydrogen-bond donors (Lipinski definition) is 5. The summed E-state index contributed by atoms with van der Waals surface area (Å²) >= 11 is 0. The number of hydrogen-bond acceptors (Lipinski definition) is 20. The third kappa shape index (κ3) is 23.4. The zero-order valence-corrected chi connectivity index (χ0v) is 50.9. The number of fused-ring (bicyclic) bond motifs is 3. The molecule has 4 aliphatic rings. The fourth-order valence-corrected chi connectivity index (χ4v) is 11.4. The van der Waals surface area contributed by atoms with Gasteiger partial charge in [-0.2, -0.15) is 0 Å². The highest BCUT2D eigenvalue weighted by molar-refractivity contribution is 5.87. The average Bonchev–Trinajstić information content (AvgIpc) is 3.51. The van der Waals surface area contributed by atoms with E-state index in [0.717, 1.165) is 18.4 Å². The Morgan fingerprint density at radius 3 is 2.20 bits per heavy atom. The Balaban J connectivity index is 1.50. The predicted octanol–water partition coefficient (Wildman–Crippen LogP) is 5.54. The lowest BCUT2D eigenvalue weighted by molar-refractivity contribution is -0.268. The van der Waals surface area contributed by atoms with Crippen molar-refractivity contribution in [1.82, 2.24) is 10.2 Å². The average molecular weight is 1170 g/mol. The van der Waals surface area contributed by atoms with E-state index in [9.17, 15) is 34.5 Å². The van der Waals surface area contributed by atoms with E-state index in [0.29, 0.717) is 110 Å². The lowest BCUT2D eigenvalue weighted by Crippen LogP contribution is -2.55. The molecule has 0 aromatic rings. The van der Waals surface area contributed by atoms with Gasteiger partial charge in [-0.1, -0.05) is 70.6 Å². The lowest BCUT2D eigenvalue weighted by atomic mass is 9.80. The summed E-state index contributed by atoms with van der Waals surface area (Å²) in [6.07, 6.45) is 10.5. The molecule has 16 atom stereocenters. The van der Waals surface area contributed by atoms with E-state index < -0.39 is 103 Å². The summed E-state index contributed by atoms with van der Waals surface area (Å²) in [6, 6.07) is -1.51. The highest BCUT2D eigenvalue weighted by atomic mass is 16.6. The first-order valence-electron chi connectivity index (χ1n) is 29.8. The van der Waals surface area contributed by atoms with Crippen LogP contribution in [0.25, 0.3) is 0 Å². The van der Waals surface area contributed by atoms with Crippen molar-refractivity contribution < 1.29 is 86.6 Å². The summed E-state index contributed by atoms with van der Waals surface area (Å²) in [5.41, 5.74) is 8.42. The zero-order chi connectivity index (χ0) is 60.2. The maximum Gasteiger partial charge on any atom is 0.407 e. The van der Waals surface area contributed by atoms with Crippen molar-refractivity contribution in [1.29, 1.82) is 0 Å². The Morgan fingerprint density at radius 2 is 1.51 bits per heavy atom. The fraction of sp³-hybridized carbons (Fsp3) is 0.803. The summed E-state index contributed by atoms with van der Waals surface area (Å²) in [5, 5.41) is 38.1. The lowest BCUT2D eigenvalue weighted by Gasteiger charge is -2.41. The standard InChI is InChI=1S/C61H103N3O18/c1-40-16-12-11-13-17-41(2)52(73-8)36-47-21-19-45(6)61(71,82-47)55(66)38-79-39-64-24-15-14-18-49(64)59(69)80-53(37-50(65)42(3)33-44(5)57(68)58(75-10)56(67)43(4)32-40)48(62)34-46-20-22-51(54(35-46)74-9)81-60(70)63-23-25-76-28-29-78-31-30-77-27-26-72-7/h11-13,16-17,33,40,42-43,45-54,57-58,65,68,71H,14-15,18-32,34-39,62H2,1-10H3,(H,63,70)/b13-11+,16-12+,41-17+,44-33+/t40-,42-,43?,45-,46+,47+,48-,49+,50-,51-,52+,53+,54-,57-,58+,61-/m1/s1. The first-order valence-corrected chi connectivity index (χ1v) is 29.8. The van der Waals surface area contributed by atoms with Gasteiger partial charge in [-0.25, -0.2) is 4.79 Å². The molecular formula is C61H103N3O18. The van der Waals surface area contributed by atoms with Gasteiger partial charge >= 0.3 is 12.1 Å². The second-order valence-electron chi connectivity index (χ2n) is 23.0. The molecule has 2 bridgehead atoms. The molecule has 0 aromatic heterocycles. The van der Waals surface area contributed by atoms with Gasteiger partial charge in [0.25, 0.3) is 0 Å². The fourth-order valence-electron chi connectivity index (χ4n) is 11.4. The van der Waals surface area contributed by atoms with E-state index in [2.05, 4.69) is 5.32 Å². The van der Waals surface area contributed by atoms with Crippen LogP contribution in [0.15, 0.2) is 47.6 Å². The van der Waals surface area contributed by atoms with Crippen LogP contribution in [-0.4, -0.2) is 212 Å². The largest absolute Gasteiger partial charge is 0.459 e. The van der Waals surface area contributed by atoms with Gasteiger partial charge in [0.2, 0.25) is 11.6 Å².